The van der Waals surface area contributed by atoms with E-state index in [1.807, 2.05) is 62.0 Å². The summed E-state index contributed by atoms with van der Waals surface area (Å²) in [6.07, 6.45) is 7.24. The second-order valence-electron chi connectivity index (χ2n) is 7.29. The predicted molar refractivity (Wildman–Crippen MR) is 120 cm³/mol. The highest BCUT2D eigenvalue weighted by molar-refractivity contribution is 6.04. The van der Waals surface area contributed by atoms with Crippen LogP contribution in [0.2, 0.25) is 0 Å². The van der Waals surface area contributed by atoms with E-state index in [4.69, 9.17) is 5.26 Å². The predicted octanol–water partition coefficient (Wildman–Crippen LogP) is 3.92. The Bertz CT molecular complexity index is 1470. The molecule has 0 radical (unpaired) electrons. The Kier molecular flexibility index (Phi) is 4.69. The van der Waals surface area contributed by atoms with Gasteiger partial charge in [0.05, 0.1) is 29.0 Å². The number of nitrogens with zero attached hydrogens (tertiary/aromatic N) is 6. The van der Waals surface area contributed by atoms with Gasteiger partial charge in [0.15, 0.2) is 0 Å². The van der Waals surface area contributed by atoms with Gasteiger partial charge < -0.3 is 5.32 Å². The van der Waals surface area contributed by atoms with Gasteiger partial charge in [-0.15, -0.1) is 0 Å². The molecular formula is C24H17N7O. The molecule has 0 aliphatic carbocycles. The van der Waals surface area contributed by atoms with Gasteiger partial charge in [0.2, 0.25) is 0 Å². The first-order valence-corrected chi connectivity index (χ1v) is 9.85. The highest BCUT2D eigenvalue weighted by Crippen LogP contribution is 2.28. The van der Waals surface area contributed by atoms with E-state index >= 15 is 0 Å². The molecule has 8 heteroatoms. The first-order chi connectivity index (χ1) is 15.6. The van der Waals surface area contributed by atoms with Crippen molar-refractivity contribution >= 4 is 17.1 Å². The fourth-order valence-electron chi connectivity index (χ4n) is 3.49. The molecular weight excluding hydrogens is 402 g/mol. The summed E-state index contributed by atoms with van der Waals surface area (Å²) in [6, 6.07) is 18.1. The summed E-state index contributed by atoms with van der Waals surface area (Å²) in [6.45, 7) is 0. The van der Waals surface area contributed by atoms with Gasteiger partial charge >= 0.3 is 0 Å². The molecule has 0 fully saturated rings. The van der Waals surface area contributed by atoms with Crippen molar-refractivity contribution in [2.75, 3.05) is 5.32 Å². The third kappa shape index (κ3) is 3.59. The van der Waals surface area contributed by atoms with Crippen LogP contribution >= 0.6 is 0 Å². The zero-order valence-electron chi connectivity index (χ0n) is 17.1. The molecule has 0 spiro atoms. The van der Waals surface area contributed by atoms with Gasteiger partial charge in [0, 0.05) is 47.4 Å². The largest absolute Gasteiger partial charge is 0.322 e. The van der Waals surface area contributed by atoms with Gasteiger partial charge in [0.25, 0.3) is 5.91 Å². The highest BCUT2D eigenvalue weighted by atomic mass is 16.1. The summed E-state index contributed by atoms with van der Waals surface area (Å²) in [4.78, 5) is 16.9. The lowest BCUT2D eigenvalue weighted by atomic mass is 10.1. The Morgan fingerprint density at radius 2 is 1.75 bits per heavy atom. The lowest BCUT2D eigenvalue weighted by Gasteiger charge is -2.07. The van der Waals surface area contributed by atoms with Crippen LogP contribution in [0.5, 0.6) is 0 Å². The smallest absolute Gasteiger partial charge is 0.255 e. The van der Waals surface area contributed by atoms with Crippen LogP contribution in [-0.4, -0.2) is 30.3 Å². The lowest BCUT2D eigenvalue weighted by molar-refractivity contribution is 0.102. The first kappa shape index (κ1) is 19.2. The van der Waals surface area contributed by atoms with Gasteiger partial charge in [0.1, 0.15) is 6.33 Å². The van der Waals surface area contributed by atoms with Gasteiger partial charge in [-0.05, 0) is 42.5 Å². The van der Waals surface area contributed by atoms with Gasteiger partial charge in [-0.25, -0.2) is 9.50 Å². The summed E-state index contributed by atoms with van der Waals surface area (Å²) in [5, 5.41) is 20.3. The van der Waals surface area contributed by atoms with Crippen molar-refractivity contribution in [2.45, 2.75) is 0 Å². The topological polar surface area (TPSA) is 101 Å². The minimum Gasteiger partial charge on any atom is -0.322 e. The Hall–Kier alpha value is -4.77. The molecule has 0 saturated carbocycles. The molecule has 154 valence electrons. The van der Waals surface area contributed by atoms with Crippen molar-refractivity contribution in [1.29, 1.82) is 5.26 Å². The Balaban J connectivity index is 1.40. The SMILES string of the molecule is Cn1cc(-c2cc3c(-c4ccc(NC(=O)c5ccc(C#N)cc5)cc4)ncnn3c2)cn1. The normalized spacial score (nSPS) is 10.8. The molecule has 32 heavy (non-hydrogen) atoms. The standard InChI is InChI=1S/C24H17N7O/c1-30-13-20(12-27-30)19-10-22-23(26-15-28-31(22)14-19)17-6-8-21(9-7-17)29-24(32)18-4-2-16(11-25)3-5-18/h2-10,12-15H,1H3,(H,29,32). The lowest BCUT2D eigenvalue weighted by Crippen LogP contribution is -2.11. The maximum absolute atomic E-state index is 12.5. The number of benzene rings is 2. The van der Waals surface area contributed by atoms with E-state index in [0.717, 1.165) is 27.9 Å². The summed E-state index contributed by atoms with van der Waals surface area (Å²) < 4.78 is 3.56. The van der Waals surface area contributed by atoms with E-state index in [-0.39, 0.29) is 5.91 Å². The number of aromatic nitrogens is 5. The minimum atomic E-state index is -0.237. The molecule has 3 aromatic heterocycles. The fraction of sp³-hybridized carbons (Fsp3) is 0.0417. The molecule has 1 amide bonds. The number of amides is 1. The highest BCUT2D eigenvalue weighted by Gasteiger charge is 2.12. The Morgan fingerprint density at radius 3 is 2.44 bits per heavy atom. The molecule has 0 aliphatic rings. The van der Waals surface area contributed by atoms with Crippen LogP contribution in [-0.2, 0) is 7.05 Å². The van der Waals surface area contributed by atoms with E-state index < -0.39 is 0 Å². The quantitative estimate of drug-likeness (QED) is 0.476. The maximum atomic E-state index is 12.5. The molecule has 0 bridgehead atoms. The van der Waals surface area contributed by atoms with Gasteiger partial charge in [-0.2, -0.15) is 15.5 Å². The number of carbonyl (C=O) groups excluding carboxylic acids is 1. The van der Waals surface area contributed by atoms with E-state index in [0.29, 0.717) is 16.8 Å². The fourth-order valence-corrected chi connectivity index (χ4v) is 3.49. The first-order valence-electron chi connectivity index (χ1n) is 9.85. The van der Waals surface area contributed by atoms with E-state index in [1.54, 1.807) is 33.5 Å². The number of carbonyl (C=O) groups is 1. The molecule has 0 saturated heterocycles. The number of anilines is 1. The summed E-state index contributed by atoms with van der Waals surface area (Å²) in [5.74, 6) is -0.237. The molecule has 3 heterocycles. The average molecular weight is 419 g/mol. The third-order valence-electron chi connectivity index (χ3n) is 5.14. The number of rotatable bonds is 4. The molecule has 1 N–H and O–H groups in total. The number of aryl methyl sites for hydroxylation is 1. The monoisotopic (exact) mass is 419 g/mol. The van der Waals surface area contributed by atoms with Crippen LogP contribution in [0.3, 0.4) is 0 Å². The Labute approximate surface area is 183 Å². The maximum Gasteiger partial charge on any atom is 0.255 e. The van der Waals surface area contributed by atoms with Crippen LogP contribution in [0.4, 0.5) is 5.69 Å². The van der Waals surface area contributed by atoms with E-state index in [1.165, 1.54) is 6.33 Å². The van der Waals surface area contributed by atoms with E-state index in [2.05, 4.69) is 20.5 Å². The molecule has 0 aliphatic heterocycles. The van der Waals surface area contributed by atoms with Gasteiger partial charge in [-0.1, -0.05) is 12.1 Å². The number of hydrogen-bond donors (Lipinski definition) is 1. The molecule has 8 nitrogen and oxygen atoms in total. The van der Waals surface area contributed by atoms with Crippen molar-refractivity contribution in [2.24, 2.45) is 7.05 Å². The van der Waals surface area contributed by atoms with Crippen molar-refractivity contribution in [1.82, 2.24) is 24.4 Å². The third-order valence-corrected chi connectivity index (χ3v) is 5.14. The average Bonchev–Trinajstić information content (AvgIpc) is 3.45. The van der Waals surface area contributed by atoms with Crippen LogP contribution in [0.1, 0.15) is 15.9 Å². The van der Waals surface area contributed by atoms with Crippen molar-refractivity contribution < 1.29 is 4.79 Å². The van der Waals surface area contributed by atoms with Crippen LogP contribution < -0.4 is 5.32 Å². The molecule has 0 unspecified atom stereocenters. The number of hydrogen-bond acceptors (Lipinski definition) is 5. The number of fused-ring (bicyclic) bond motifs is 1. The summed E-state index contributed by atoms with van der Waals surface area (Å²) in [7, 11) is 1.88. The zero-order valence-corrected chi connectivity index (χ0v) is 17.1. The van der Waals surface area contributed by atoms with E-state index in [9.17, 15) is 4.79 Å². The van der Waals surface area contributed by atoms with Crippen LogP contribution in [0.25, 0.3) is 27.9 Å². The minimum absolute atomic E-state index is 0.237. The molecule has 5 rings (SSSR count). The van der Waals surface area contributed by atoms with Crippen molar-refractivity contribution in [3.05, 3.63) is 90.6 Å². The van der Waals surface area contributed by atoms with Crippen LogP contribution in [0, 0.1) is 11.3 Å². The van der Waals surface area contributed by atoms with Crippen LogP contribution in [0.15, 0.2) is 79.5 Å². The summed E-state index contributed by atoms with van der Waals surface area (Å²) in [5.41, 5.74) is 6.25. The Morgan fingerprint density at radius 1 is 0.969 bits per heavy atom. The molecule has 2 aromatic carbocycles. The van der Waals surface area contributed by atoms with Gasteiger partial charge in [-0.3, -0.25) is 9.48 Å². The van der Waals surface area contributed by atoms with Crippen molar-refractivity contribution in [3.8, 4) is 28.5 Å². The number of nitriles is 1. The second-order valence-corrected chi connectivity index (χ2v) is 7.29. The van der Waals surface area contributed by atoms with Crippen molar-refractivity contribution in [3.63, 3.8) is 0 Å². The summed E-state index contributed by atoms with van der Waals surface area (Å²) >= 11 is 0. The number of nitrogens with one attached hydrogen (secondary N) is 1. The molecule has 0 atom stereocenters. The zero-order chi connectivity index (χ0) is 22.1. The molecule has 5 aromatic rings. The second kappa shape index (κ2) is 7.81.